The van der Waals surface area contributed by atoms with Crippen LogP contribution in [0.4, 0.5) is 13.2 Å². The van der Waals surface area contributed by atoms with Crippen LogP contribution in [0.5, 0.6) is 0 Å². The first kappa shape index (κ1) is 13.3. The molecule has 4 nitrogen and oxygen atoms in total. The van der Waals surface area contributed by atoms with Gasteiger partial charge in [-0.05, 0) is 18.6 Å². The van der Waals surface area contributed by atoms with Gasteiger partial charge in [0, 0.05) is 6.54 Å². The van der Waals surface area contributed by atoms with Crippen molar-refractivity contribution in [2.45, 2.75) is 17.5 Å². The van der Waals surface area contributed by atoms with Gasteiger partial charge in [0.2, 0.25) is 0 Å². The normalized spacial score (nSPS) is 18.2. The highest BCUT2D eigenvalue weighted by molar-refractivity contribution is 7.89. The summed E-state index contributed by atoms with van der Waals surface area (Å²) in [4.78, 5) is 4.04. The van der Waals surface area contributed by atoms with Gasteiger partial charge in [-0.3, -0.25) is 4.84 Å². The highest BCUT2D eigenvalue weighted by Crippen LogP contribution is 2.35. The van der Waals surface area contributed by atoms with E-state index >= 15 is 0 Å². The molecule has 0 aliphatic carbocycles. The van der Waals surface area contributed by atoms with Gasteiger partial charge in [-0.2, -0.15) is 13.2 Å². The predicted octanol–water partition coefficient (Wildman–Crippen LogP) is 2.03. The monoisotopic (exact) mass is 281 g/mol. The SMILES string of the molecule is O=S(=O)(c1ccccc1C(F)(F)F)N1CCCO1. The van der Waals surface area contributed by atoms with Gasteiger partial charge in [-0.25, -0.2) is 8.42 Å². The molecule has 1 aliphatic rings. The maximum Gasteiger partial charge on any atom is 0.417 e. The fourth-order valence-corrected chi connectivity index (χ4v) is 3.16. The summed E-state index contributed by atoms with van der Waals surface area (Å²) < 4.78 is 62.8. The van der Waals surface area contributed by atoms with Crippen molar-refractivity contribution in [1.82, 2.24) is 4.47 Å². The number of rotatable bonds is 2. The largest absolute Gasteiger partial charge is 0.417 e. The molecule has 100 valence electrons. The molecule has 0 spiro atoms. The molecule has 1 aromatic carbocycles. The van der Waals surface area contributed by atoms with E-state index in [-0.39, 0.29) is 13.2 Å². The first-order valence-electron chi connectivity index (χ1n) is 5.15. The lowest BCUT2D eigenvalue weighted by molar-refractivity contribution is -0.140. The van der Waals surface area contributed by atoms with Gasteiger partial charge < -0.3 is 0 Å². The van der Waals surface area contributed by atoms with E-state index in [1.807, 2.05) is 0 Å². The van der Waals surface area contributed by atoms with E-state index in [9.17, 15) is 21.6 Å². The number of alkyl halides is 3. The van der Waals surface area contributed by atoms with E-state index in [1.54, 1.807) is 0 Å². The van der Waals surface area contributed by atoms with Crippen LogP contribution in [0, 0.1) is 0 Å². The van der Waals surface area contributed by atoms with Crippen molar-refractivity contribution in [1.29, 1.82) is 0 Å². The van der Waals surface area contributed by atoms with Crippen LogP contribution in [-0.4, -0.2) is 26.0 Å². The second-order valence-electron chi connectivity index (χ2n) is 3.71. The van der Waals surface area contributed by atoms with Crippen LogP contribution >= 0.6 is 0 Å². The maximum atomic E-state index is 12.7. The van der Waals surface area contributed by atoms with Crippen LogP contribution in [0.2, 0.25) is 0 Å². The van der Waals surface area contributed by atoms with Crippen LogP contribution in [0.1, 0.15) is 12.0 Å². The van der Waals surface area contributed by atoms with E-state index < -0.39 is 26.7 Å². The molecule has 1 aliphatic heterocycles. The third kappa shape index (κ3) is 2.36. The van der Waals surface area contributed by atoms with Gasteiger partial charge >= 0.3 is 6.18 Å². The third-order valence-electron chi connectivity index (χ3n) is 2.46. The van der Waals surface area contributed by atoms with Gasteiger partial charge in [-0.1, -0.05) is 16.6 Å². The van der Waals surface area contributed by atoms with Crippen LogP contribution in [-0.2, 0) is 21.0 Å². The molecule has 0 saturated carbocycles. The molecule has 0 unspecified atom stereocenters. The number of hydroxylamine groups is 1. The number of halogens is 3. The molecule has 1 saturated heterocycles. The molecule has 18 heavy (non-hydrogen) atoms. The zero-order chi connectivity index (χ0) is 13.4. The number of hydrogen-bond acceptors (Lipinski definition) is 3. The van der Waals surface area contributed by atoms with Gasteiger partial charge in [0.15, 0.2) is 0 Å². The molecule has 0 aromatic heterocycles. The van der Waals surface area contributed by atoms with Gasteiger partial charge in [0.1, 0.15) is 0 Å². The Labute approximate surface area is 102 Å². The van der Waals surface area contributed by atoms with E-state index in [1.165, 1.54) is 6.07 Å². The minimum Gasteiger partial charge on any atom is -0.284 e. The maximum absolute atomic E-state index is 12.7. The lowest BCUT2D eigenvalue weighted by Crippen LogP contribution is -2.28. The summed E-state index contributed by atoms with van der Waals surface area (Å²) in [6, 6.07) is 4.06. The fraction of sp³-hybridized carbons (Fsp3) is 0.400. The molecule has 0 N–H and O–H groups in total. The van der Waals surface area contributed by atoms with Gasteiger partial charge in [-0.15, -0.1) is 0 Å². The van der Waals surface area contributed by atoms with Crippen molar-refractivity contribution < 1.29 is 26.4 Å². The van der Waals surface area contributed by atoms with Crippen molar-refractivity contribution in [2.24, 2.45) is 0 Å². The zero-order valence-electron chi connectivity index (χ0n) is 9.14. The minimum atomic E-state index is -4.72. The summed E-state index contributed by atoms with van der Waals surface area (Å²) in [7, 11) is -4.26. The molecule has 2 rings (SSSR count). The highest BCUT2D eigenvalue weighted by atomic mass is 32.2. The summed E-state index contributed by atoms with van der Waals surface area (Å²) in [5, 5.41) is 0. The zero-order valence-corrected chi connectivity index (χ0v) is 9.96. The average molecular weight is 281 g/mol. The van der Waals surface area contributed by atoms with Crippen molar-refractivity contribution in [2.75, 3.05) is 13.2 Å². The Bertz CT molecular complexity index is 536. The minimum absolute atomic E-state index is 0.0640. The van der Waals surface area contributed by atoms with Gasteiger partial charge in [0.05, 0.1) is 17.1 Å². The summed E-state index contributed by atoms with van der Waals surface area (Å²) in [6.07, 6.45) is -4.25. The Kier molecular flexibility index (Phi) is 3.35. The molecular weight excluding hydrogens is 271 g/mol. The smallest absolute Gasteiger partial charge is 0.284 e. The summed E-state index contributed by atoms with van der Waals surface area (Å²) in [5.74, 6) is 0. The summed E-state index contributed by atoms with van der Waals surface area (Å²) in [5.41, 5.74) is -1.18. The topological polar surface area (TPSA) is 46.6 Å². The third-order valence-corrected chi connectivity index (χ3v) is 4.19. The van der Waals surface area contributed by atoms with Gasteiger partial charge in [0.25, 0.3) is 10.0 Å². The van der Waals surface area contributed by atoms with E-state index in [4.69, 9.17) is 4.84 Å². The van der Waals surface area contributed by atoms with E-state index in [0.717, 1.165) is 18.2 Å². The van der Waals surface area contributed by atoms with Crippen LogP contribution < -0.4 is 0 Å². The first-order valence-corrected chi connectivity index (χ1v) is 6.59. The average Bonchev–Trinajstić information content (AvgIpc) is 2.82. The Morgan fingerprint density at radius 1 is 1.22 bits per heavy atom. The van der Waals surface area contributed by atoms with Crippen LogP contribution in [0.3, 0.4) is 0 Å². The van der Waals surface area contributed by atoms with E-state index in [0.29, 0.717) is 10.9 Å². The number of benzene rings is 1. The molecule has 0 bridgehead atoms. The molecule has 1 aromatic rings. The lowest BCUT2D eigenvalue weighted by atomic mass is 10.2. The number of sulfonamides is 1. The van der Waals surface area contributed by atoms with Crippen molar-refractivity contribution in [3.05, 3.63) is 29.8 Å². The Morgan fingerprint density at radius 2 is 1.89 bits per heavy atom. The van der Waals surface area contributed by atoms with E-state index in [2.05, 4.69) is 0 Å². The van der Waals surface area contributed by atoms with Crippen LogP contribution in [0.25, 0.3) is 0 Å². The Balaban J connectivity index is 2.51. The molecule has 1 heterocycles. The molecule has 0 amide bonds. The molecule has 1 fully saturated rings. The van der Waals surface area contributed by atoms with Crippen molar-refractivity contribution >= 4 is 10.0 Å². The Morgan fingerprint density at radius 3 is 2.44 bits per heavy atom. The fourth-order valence-electron chi connectivity index (χ4n) is 1.65. The first-order chi connectivity index (χ1) is 8.33. The van der Waals surface area contributed by atoms with Crippen molar-refractivity contribution in [3.8, 4) is 0 Å². The second-order valence-corrected chi connectivity index (χ2v) is 5.51. The number of nitrogens with zero attached hydrogens (tertiary/aromatic N) is 1. The molecular formula is C10H10F3NO3S. The Hall–Kier alpha value is -1.12. The lowest BCUT2D eigenvalue weighted by Gasteiger charge is -2.18. The molecule has 0 radical (unpaired) electrons. The van der Waals surface area contributed by atoms with Crippen molar-refractivity contribution in [3.63, 3.8) is 0 Å². The van der Waals surface area contributed by atoms with Crippen LogP contribution in [0.15, 0.2) is 29.2 Å². The predicted molar refractivity (Wildman–Crippen MR) is 55.9 cm³/mol. The number of hydrogen-bond donors (Lipinski definition) is 0. The standard InChI is InChI=1S/C10H10F3NO3S/c11-10(12,13)8-4-1-2-5-9(8)18(15,16)14-6-3-7-17-14/h1-2,4-5H,3,6-7H2. The molecule has 8 heteroatoms. The summed E-state index contributed by atoms with van der Waals surface area (Å²) in [6.45, 7) is 0.252. The highest BCUT2D eigenvalue weighted by Gasteiger charge is 2.39. The quantitative estimate of drug-likeness (QED) is 0.833. The second kappa shape index (κ2) is 4.52. The molecule has 0 atom stereocenters. The summed E-state index contributed by atoms with van der Waals surface area (Å²) >= 11 is 0.